The molecule has 7 nitrogen and oxygen atoms in total. The fraction of sp³-hybridized carbons (Fsp3) is 0.500. The molecule has 2 aromatic heterocycles. The highest BCUT2D eigenvalue weighted by atomic mass is 35.5. The number of thiazole rings is 1. The second-order valence-corrected chi connectivity index (χ2v) is 8.98. The number of anilines is 1. The zero-order chi connectivity index (χ0) is 18.5. The molecule has 0 unspecified atom stereocenters. The van der Waals surface area contributed by atoms with Crippen LogP contribution in [0.1, 0.15) is 24.4 Å². The molecule has 0 amide bonds. The number of thioether (sulfide) groups is 1. The normalized spacial score (nSPS) is 25.0. The molecule has 0 spiro atoms. The van der Waals surface area contributed by atoms with Crippen molar-refractivity contribution in [3.8, 4) is 0 Å². The molecule has 0 radical (unpaired) electrons. The van der Waals surface area contributed by atoms with Crippen LogP contribution in [-0.4, -0.2) is 44.1 Å². The van der Waals surface area contributed by atoms with Crippen LogP contribution >= 0.6 is 35.5 Å². The minimum atomic E-state index is -1.39. The molecule has 0 aliphatic carbocycles. The van der Waals surface area contributed by atoms with Crippen LogP contribution in [0.25, 0.3) is 0 Å². The molecule has 2 atom stereocenters. The Bertz CT molecular complexity index is 859. The second-order valence-electron chi connectivity index (χ2n) is 7.05. The number of aliphatic hydroxyl groups is 1. The summed E-state index contributed by atoms with van der Waals surface area (Å²) in [4.78, 5) is 20.5. The van der Waals surface area contributed by atoms with Gasteiger partial charge in [-0.05, 0) is 13.8 Å². The molecular weight excluding hydrogens is 411 g/mol. The van der Waals surface area contributed by atoms with Gasteiger partial charge in [-0.2, -0.15) is 0 Å². The lowest BCUT2D eigenvalue weighted by molar-refractivity contribution is 0.0693. The van der Waals surface area contributed by atoms with Crippen LogP contribution in [0.15, 0.2) is 22.9 Å². The van der Waals surface area contributed by atoms with Crippen molar-refractivity contribution in [3.05, 3.63) is 34.3 Å². The number of hydrogen-bond donors (Lipinski definition) is 2. The van der Waals surface area contributed by atoms with Gasteiger partial charge in [-0.3, -0.25) is 4.98 Å². The third kappa shape index (κ3) is 3.51. The van der Waals surface area contributed by atoms with Crippen molar-refractivity contribution >= 4 is 46.6 Å². The highest BCUT2D eigenvalue weighted by Crippen LogP contribution is 2.47. The maximum Gasteiger partial charge on any atom is 0.225 e. The van der Waals surface area contributed by atoms with Crippen LogP contribution in [0.2, 0.25) is 0 Å². The largest absolute Gasteiger partial charge is 0.384 e. The van der Waals surface area contributed by atoms with E-state index < -0.39 is 17.0 Å². The van der Waals surface area contributed by atoms with E-state index in [1.165, 1.54) is 13.8 Å². The summed E-state index contributed by atoms with van der Waals surface area (Å²) in [6.45, 7) is 4.23. The molecule has 2 aromatic rings. The van der Waals surface area contributed by atoms with Crippen molar-refractivity contribution in [1.29, 1.82) is 0 Å². The number of rotatable bonds is 3. The molecule has 2 aliphatic heterocycles. The summed E-state index contributed by atoms with van der Waals surface area (Å²) in [5.41, 5.74) is 5.94. The van der Waals surface area contributed by atoms with Gasteiger partial charge in [0.05, 0.1) is 23.1 Å². The first-order valence-electron chi connectivity index (χ1n) is 8.17. The number of halogens is 2. The molecule has 0 bridgehead atoms. The van der Waals surface area contributed by atoms with E-state index in [4.69, 9.17) is 10.7 Å². The number of nitrogens with zero attached hydrogens (tertiary/aromatic N) is 5. The van der Waals surface area contributed by atoms with E-state index in [0.29, 0.717) is 24.2 Å². The van der Waals surface area contributed by atoms with Gasteiger partial charge in [0.2, 0.25) is 5.95 Å². The molecule has 0 aromatic carbocycles. The van der Waals surface area contributed by atoms with Crippen LogP contribution in [0.4, 0.5) is 10.3 Å². The molecule has 4 rings (SSSR count). The summed E-state index contributed by atoms with van der Waals surface area (Å²) in [5.74, 6) is 0.830. The number of aliphatic imine (C=N–C) groups is 1. The van der Waals surface area contributed by atoms with E-state index in [9.17, 15) is 9.50 Å². The highest BCUT2D eigenvalue weighted by Gasteiger charge is 2.51. The Kier molecular flexibility index (Phi) is 5.37. The third-order valence-corrected chi connectivity index (χ3v) is 6.64. The summed E-state index contributed by atoms with van der Waals surface area (Å²) in [6.07, 6.45) is 2.95. The number of fused-ring (bicyclic) bond motifs is 1. The Labute approximate surface area is 170 Å². The van der Waals surface area contributed by atoms with E-state index in [1.807, 2.05) is 11.1 Å². The van der Waals surface area contributed by atoms with Crippen LogP contribution < -0.4 is 10.6 Å². The lowest BCUT2D eigenvalue weighted by Crippen LogP contribution is -2.39. The monoisotopic (exact) mass is 430 g/mol. The topological polar surface area (TPSA) is 101 Å². The number of nitrogens with two attached hydrogens (primary N) is 1. The average molecular weight is 431 g/mol. The predicted octanol–water partition coefficient (Wildman–Crippen LogP) is 2.11. The summed E-state index contributed by atoms with van der Waals surface area (Å²) < 4.78 is 14.0. The van der Waals surface area contributed by atoms with E-state index in [2.05, 4.69) is 15.0 Å². The molecule has 27 heavy (non-hydrogen) atoms. The first kappa shape index (κ1) is 20.2. The molecule has 11 heteroatoms. The second kappa shape index (κ2) is 7.16. The van der Waals surface area contributed by atoms with Crippen LogP contribution in [0.3, 0.4) is 0 Å². The minimum absolute atomic E-state index is 0. The Morgan fingerprint density at radius 1 is 1.41 bits per heavy atom. The van der Waals surface area contributed by atoms with Crippen molar-refractivity contribution in [3.63, 3.8) is 0 Å². The fourth-order valence-corrected chi connectivity index (χ4v) is 5.31. The van der Waals surface area contributed by atoms with E-state index in [1.54, 1.807) is 28.6 Å². The van der Waals surface area contributed by atoms with Crippen molar-refractivity contribution in [2.24, 2.45) is 16.6 Å². The number of hydrogen-bond acceptors (Lipinski definition) is 9. The quantitative estimate of drug-likeness (QED) is 0.769. The Morgan fingerprint density at radius 2 is 2.19 bits per heavy atom. The molecule has 1 fully saturated rings. The summed E-state index contributed by atoms with van der Waals surface area (Å²) >= 11 is 3.10. The van der Waals surface area contributed by atoms with E-state index >= 15 is 0 Å². The van der Waals surface area contributed by atoms with Gasteiger partial charge >= 0.3 is 0 Å². The summed E-state index contributed by atoms with van der Waals surface area (Å²) in [6, 6.07) is 0. The zero-order valence-electron chi connectivity index (χ0n) is 14.8. The average Bonchev–Trinajstić information content (AvgIpc) is 3.22. The highest BCUT2D eigenvalue weighted by molar-refractivity contribution is 8.13. The van der Waals surface area contributed by atoms with E-state index in [-0.39, 0.29) is 24.0 Å². The van der Waals surface area contributed by atoms with Crippen molar-refractivity contribution < 1.29 is 9.50 Å². The van der Waals surface area contributed by atoms with Crippen molar-refractivity contribution in [2.45, 2.75) is 25.0 Å². The molecule has 3 N–H and O–H groups in total. The van der Waals surface area contributed by atoms with Gasteiger partial charge in [0.15, 0.2) is 11.0 Å². The van der Waals surface area contributed by atoms with Crippen molar-refractivity contribution in [2.75, 3.05) is 23.7 Å². The number of amidine groups is 1. The molecule has 0 saturated carbocycles. The molecule has 4 heterocycles. The number of aromatic nitrogens is 3. The van der Waals surface area contributed by atoms with Gasteiger partial charge in [0.1, 0.15) is 16.8 Å². The van der Waals surface area contributed by atoms with Gasteiger partial charge in [-0.15, -0.1) is 23.7 Å². The predicted molar refractivity (Wildman–Crippen MR) is 108 cm³/mol. The van der Waals surface area contributed by atoms with Crippen LogP contribution in [0, 0.1) is 11.7 Å². The summed E-state index contributed by atoms with van der Waals surface area (Å²) in [7, 11) is 0. The lowest BCUT2D eigenvalue weighted by Gasteiger charge is -2.32. The summed E-state index contributed by atoms with van der Waals surface area (Å²) in [5, 5.41) is 10.7. The molecule has 2 aliphatic rings. The van der Waals surface area contributed by atoms with Gasteiger partial charge in [0, 0.05) is 24.4 Å². The Balaban J connectivity index is 0.00000210. The van der Waals surface area contributed by atoms with Gasteiger partial charge in [-0.1, -0.05) is 11.8 Å². The molecule has 1 saturated heterocycles. The van der Waals surface area contributed by atoms with Gasteiger partial charge < -0.3 is 15.7 Å². The maximum absolute atomic E-state index is 14.0. The maximum atomic E-state index is 14.0. The molecular formula is C16H20ClFN6OS2. The van der Waals surface area contributed by atoms with Gasteiger partial charge in [0.25, 0.3) is 0 Å². The Morgan fingerprint density at radius 3 is 2.85 bits per heavy atom. The SMILES string of the molecule is CC(C)(O)c1nc(N2C[C@H]3CSC(N)=N[C@@]3(c3cncs3)C2)ncc1F.Cl. The Hall–Kier alpha value is -1.49. The zero-order valence-corrected chi connectivity index (χ0v) is 17.2. The first-order valence-corrected chi connectivity index (χ1v) is 10.0. The van der Waals surface area contributed by atoms with Gasteiger partial charge in [-0.25, -0.2) is 19.4 Å². The van der Waals surface area contributed by atoms with Crippen LogP contribution in [0.5, 0.6) is 0 Å². The lowest BCUT2D eigenvalue weighted by atomic mass is 9.87. The standard InChI is InChI=1S/C16H19FN6OS2.ClH/c1-15(2,24)12-10(17)3-20-14(21-12)23-5-9-6-25-13(18)22-16(9,7-23)11-4-19-8-26-11;/h3-4,8-9,24H,5-7H2,1-2H3,(H2,18,22);1H/t9-,16-;/m0./s1. The fourth-order valence-electron chi connectivity index (χ4n) is 3.49. The molecule has 146 valence electrons. The first-order chi connectivity index (χ1) is 12.3. The van der Waals surface area contributed by atoms with Crippen LogP contribution in [-0.2, 0) is 11.1 Å². The smallest absolute Gasteiger partial charge is 0.225 e. The minimum Gasteiger partial charge on any atom is -0.384 e. The van der Waals surface area contributed by atoms with E-state index in [0.717, 1.165) is 16.8 Å². The third-order valence-electron chi connectivity index (χ3n) is 4.74. The van der Waals surface area contributed by atoms with Crippen molar-refractivity contribution in [1.82, 2.24) is 15.0 Å².